The maximum Gasteiger partial charge on any atom is 0.344 e. The van der Waals surface area contributed by atoms with E-state index in [0.717, 1.165) is 12.8 Å². The minimum atomic E-state index is -3.86. The van der Waals surface area contributed by atoms with Crippen molar-refractivity contribution in [3.05, 3.63) is 60.3 Å². The molecule has 0 spiro atoms. The summed E-state index contributed by atoms with van der Waals surface area (Å²) in [7, 11) is -3.86. The number of piperidine rings is 1. The van der Waals surface area contributed by atoms with Crippen molar-refractivity contribution in [1.29, 1.82) is 0 Å². The molecule has 3 N–H and O–H groups in total. The number of likely N-dealkylation sites (tertiary alicyclic amines) is 1. The van der Waals surface area contributed by atoms with E-state index in [1.807, 2.05) is 4.90 Å². The van der Waals surface area contributed by atoms with Gasteiger partial charge in [-0.25, -0.2) is 14.6 Å². The lowest BCUT2D eigenvalue weighted by molar-refractivity contribution is 0.0633. The molecule has 1 saturated heterocycles. The number of pyridine rings is 1. The van der Waals surface area contributed by atoms with E-state index in [-0.39, 0.29) is 17.7 Å². The number of nitrogens with zero attached hydrogens (tertiary/aromatic N) is 6. The van der Waals surface area contributed by atoms with Crippen molar-refractivity contribution in [1.82, 2.24) is 24.6 Å². The largest absolute Gasteiger partial charge is 0.492 e. The van der Waals surface area contributed by atoms with E-state index in [0.29, 0.717) is 48.1 Å². The van der Waals surface area contributed by atoms with E-state index in [4.69, 9.17) is 10.5 Å². The van der Waals surface area contributed by atoms with Crippen LogP contribution in [0.4, 0.5) is 5.69 Å². The molecule has 1 atom stereocenters. The van der Waals surface area contributed by atoms with Crippen molar-refractivity contribution in [2.45, 2.75) is 12.8 Å². The average Bonchev–Trinajstić information content (AvgIpc) is 3.37. The van der Waals surface area contributed by atoms with Gasteiger partial charge < -0.3 is 15.4 Å². The number of nitrogens with one attached hydrogen (secondary N) is 1. The quantitative estimate of drug-likeness (QED) is 0.544. The van der Waals surface area contributed by atoms with Crippen molar-refractivity contribution in [3.8, 4) is 11.6 Å². The second-order valence-corrected chi connectivity index (χ2v) is 9.38. The zero-order valence-electron chi connectivity index (χ0n) is 18.0. The fraction of sp³-hybridized carbons (Fsp3) is 0.286. The molecular formula is C21H22N8O4S. The molecule has 5 rings (SSSR count). The molecule has 12 nitrogen and oxygen atoms in total. The first-order chi connectivity index (χ1) is 16.4. The van der Waals surface area contributed by atoms with Gasteiger partial charge in [0.25, 0.3) is 5.91 Å². The fourth-order valence-corrected chi connectivity index (χ4v) is 4.96. The van der Waals surface area contributed by atoms with Gasteiger partial charge in [0.1, 0.15) is 18.4 Å². The number of nitrogens with two attached hydrogens (primary N) is 1. The lowest BCUT2D eigenvalue weighted by atomic mass is 9.98. The summed E-state index contributed by atoms with van der Waals surface area (Å²) in [6.07, 6.45) is 6.25. The maximum absolute atomic E-state index is 13.2. The van der Waals surface area contributed by atoms with Gasteiger partial charge in [-0.3, -0.25) is 9.52 Å². The zero-order valence-corrected chi connectivity index (χ0v) is 18.9. The first kappa shape index (κ1) is 21.8. The Hall–Kier alpha value is -4.00. The van der Waals surface area contributed by atoms with Crippen LogP contribution in [0.2, 0.25) is 0 Å². The summed E-state index contributed by atoms with van der Waals surface area (Å²) in [6, 6.07) is 8.38. The third kappa shape index (κ3) is 4.41. The van der Waals surface area contributed by atoms with E-state index in [9.17, 15) is 13.2 Å². The van der Waals surface area contributed by atoms with Gasteiger partial charge in [-0.15, -0.1) is 4.40 Å². The molecular weight excluding hydrogens is 460 g/mol. The van der Waals surface area contributed by atoms with Crippen LogP contribution in [0.3, 0.4) is 0 Å². The molecule has 4 heterocycles. The van der Waals surface area contributed by atoms with Crippen LogP contribution in [0.1, 0.15) is 28.8 Å². The average molecular weight is 483 g/mol. The van der Waals surface area contributed by atoms with Crippen LogP contribution in [0.25, 0.3) is 5.82 Å². The number of carbonyl (C=O) groups excluding carboxylic acids is 1. The first-order valence-corrected chi connectivity index (χ1v) is 12.1. The number of anilines is 1. The molecule has 1 fully saturated rings. The minimum Gasteiger partial charge on any atom is -0.492 e. The first-order valence-electron chi connectivity index (χ1n) is 10.6. The summed E-state index contributed by atoms with van der Waals surface area (Å²) < 4.78 is 36.9. The Bertz CT molecular complexity index is 1360. The molecule has 34 heavy (non-hydrogen) atoms. The van der Waals surface area contributed by atoms with Gasteiger partial charge in [0.2, 0.25) is 0 Å². The van der Waals surface area contributed by atoms with Gasteiger partial charge in [0, 0.05) is 30.8 Å². The molecule has 13 heteroatoms. The Morgan fingerprint density at radius 1 is 1.29 bits per heavy atom. The molecule has 3 aromatic rings. The number of aromatic nitrogens is 4. The third-order valence-electron chi connectivity index (χ3n) is 5.67. The molecule has 0 saturated carbocycles. The number of amidine groups is 1. The Morgan fingerprint density at radius 2 is 2.18 bits per heavy atom. The number of ether oxygens (including phenoxy) is 1. The van der Waals surface area contributed by atoms with E-state index in [1.165, 1.54) is 17.3 Å². The van der Waals surface area contributed by atoms with Gasteiger partial charge in [0.05, 0.1) is 17.9 Å². The standard InChI is InChI=1S/C21H22N8O4S/c22-20-19-16(26-34(31,32)27-20)4-1-5-17(19)33-11-14-3-2-8-28(10-14)21(30)15-6-7-24-18(9-15)29-13-23-12-25-29/h1,4-7,9,12-14,26H,2-3,8,10-11H2,(H2,22,27)/t14-/m0/s1. The molecule has 2 aliphatic rings. The molecule has 176 valence electrons. The highest BCUT2D eigenvalue weighted by atomic mass is 32.2. The van der Waals surface area contributed by atoms with Crippen LogP contribution in [-0.4, -0.2) is 64.5 Å². The van der Waals surface area contributed by atoms with Crippen LogP contribution < -0.4 is 15.2 Å². The zero-order chi connectivity index (χ0) is 23.7. The van der Waals surface area contributed by atoms with Crippen LogP contribution in [-0.2, 0) is 10.2 Å². The predicted octanol–water partition coefficient (Wildman–Crippen LogP) is 0.969. The summed E-state index contributed by atoms with van der Waals surface area (Å²) in [6.45, 7) is 1.53. The van der Waals surface area contributed by atoms with Crippen molar-refractivity contribution < 1.29 is 17.9 Å². The smallest absolute Gasteiger partial charge is 0.344 e. The molecule has 2 aromatic heterocycles. The lowest BCUT2D eigenvalue weighted by Gasteiger charge is -2.33. The number of amides is 1. The number of carbonyl (C=O) groups is 1. The summed E-state index contributed by atoms with van der Waals surface area (Å²) in [4.78, 5) is 23.1. The number of fused-ring (bicyclic) bond motifs is 1. The van der Waals surface area contributed by atoms with E-state index >= 15 is 0 Å². The monoisotopic (exact) mass is 482 g/mol. The van der Waals surface area contributed by atoms with Gasteiger partial charge in [0.15, 0.2) is 11.7 Å². The van der Waals surface area contributed by atoms with Gasteiger partial charge >= 0.3 is 10.2 Å². The number of benzene rings is 1. The summed E-state index contributed by atoms with van der Waals surface area (Å²) in [5, 5.41) is 4.05. The molecule has 0 unspecified atom stereocenters. The Morgan fingerprint density at radius 3 is 3.00 bits per heavy atom. The molecule has 2 aliphatic heterocycles. The Labute approximate surface area is 195 Å². The van der Waals surface area contributed by atoms with E-state index < -0.39 is 10.2 Å². The third-order valence-corrected chi connectivity index (χ3v) is 6.58. The van der Waals surface area contributed by atoms with E-state index in [2.05, 4.69) is 24.2 Å². The SMILES string of the molecule is NC1=NS(=O)(=O)Nc2cccc(OC[C@H]3CCCN(C(=O)c4ccnc(-n5cncn5)c4)C3)c21. The summed E-state index contributed by atoms with van der Waals surface area (Å²) in [5.41, 5.74) is 7.15. The molecule has 0 radical (unpaired) electrons. The van der Waals surface area contributed by atoms with Gasteiger partial charge in [-0.2, -0.15) is 13.5 Å². The van der Waals surface area contributed by atoms with Crippen LogP contribution in [0.15, 0.2) is 53.6 Å². The van der Waals surface area contributed by atoms with Crippen LogP contribution >= 0.6 is 0 Å². The molecule has 0 bridgehead atoms. The second-order valence-electron chi connectivity index (χ2n) is 8.05. The lowest BCUT2D eigenvalue weighted by Crippen LogP contribution is -2.41. The topological polar surface area (TPSA) is 158 Å². The Balaban J connectivity index is 1.27. The highest BCUT2D eigenvalue weighted by molar-refractivity contribution is 7.91. The highest BCUT2D eigenvalue weighted by Gasteiger charge is 2.27. The van der Waals surface area contributed by atoms with Gasteiger partial charge in [-0.05, 0) is 37.1 Å². The van der Waals surface area contributed by atoms with Crippen LogP contribution in [0.5, 0.6) is 5.75 Å². The number of hydrogen-bond acceptors (Lipinski definition) is 8. The predicted molar refractivity (Wildman–Crippen MR) is 123 cm³/mol. The van der Waals surface area contributed by atoms with Crippen molar-refractivity contribution in [3.63, 3.8) is 0 Å². The van der Waals surface area contributed by atoms with Crippen molar-refractivity contribution >= 4 is 27.6 Å². The van der Waals surface area contributed by atoms with Crippen LogP contribution in [0, 0.1) is 5.92 Å². The van der Waals surface area contributed by atoms with Gasteiger partial charge in [-0.1, -0.05) is 6.07 Å². The van der Waals surface area contributed by atoms with E-state index in [1.54, 1.807) is 36.5 Å². The Kier molecular flexibility index (Phi) is 5.61. The second kappa shape index (κ2) is 8.74. The summed E-state index contributed by atoms with van der Waals surface area (Å²) >= 11 is 0. The molecule has 1 aromatic carbocycles. The van der Waals surface area contributed by atoms with Crippen molar-refractivity contribution in [2.24, 2.45) is 16.0 Å². The number of rotatable bonds is 5. The minimum absolute atomic E-state index is 0.0867. The molecule has 1 amide bonds. The normalized spacial score (nSPS) is 19.0. The van der Waals surface area contributed by atoms with Crippen molar-refractivity contribution in [2.75, 3.05) is 24.4 Å². The molecule has 0 aliphatic carbocycles. The highest BCUT2D eigenvalue weighted by Crippen LogP contribution is 2.31. The number of hydrogen-bond donors (Lipinski definition) is 2. The fourth-order valence-electron chi connectivity index (χ4n) is 4.12. The summed E-state index contributed by atoms with van der Waals surface area (Å²) in [5.74, 6) is 0.853. The maximum atomic E-state index is 13.2.